The van der Waals surface area contributed by atoms with Crippen LogP contribution in [0.1, 0.15) is 32.4 Å². The van der Waals surface area contributed by atoms with E-state index in [4.69, 9.17) is 30.9 Å². The van der Waals surface area contributed by atoms with Crippen LogP contribution in [-0.2, 0) is 23.1 Å². The molecule has 1 amide bonds. The van der Waals surface area contributed by atoms with Crippen molar-refractivity contribution in [3.05, 3.63) is 11.6 Å². The number of fused-ring (bicyclic) bond motifs is 1. The van der Waals surface area contributed by atoms with Crippen LogP contribution in [0.5, 0.6) is 0 Å². The van der Waals surface area contributed by atoms with E-state index in [1.54, 1.807) is 0 Å². The van der Waals surface area contributed by atoms with E-state index in [-0.39, 0.29) is 28.9 Å². The van der Waals surface area contributed by atoms with E-state index in [0.717, 1.165) is 12.8 Å². The fourth-order valence-electron chi connectivity index (χ4n) is 3.37. The van der Waals surface area contributed by atoms with Gasteiger partial charge in [-0.05, 0) is 18.0 Å². The number of aliphatic hydroxyl groups excluding tert-OH is 2. The van der Waals surface area contributed by atoms with Crippen molar-refractivity contribution >= 4 is 49.9 Å². The zero-order chi connectivity index (χ0) is 26.7. The van der Waals surface area contributed by atoms with Crippen LogP contribution < -0.4 is 5.32 Å². The van der Waals surface area contributed by atoms with Gasteiger partial charge >= 0.3 is 21.3 Å². The van der Waals surface area contributed by atoms with E-state index < -0.39 is 58.3 Å². The van der Waals surface area contributed by atoms with Gasteiger partial charge in [0.05, 0.1) is 19.5 Å². The summed E-state index contributed by atoms with van der Waals surface area (Å²) in [5.41, 5.74) is 0.0832. The molecule has 2 aromatic rings. The molecule has 1 fully saturated rings. The Hall–Kier alpha value is -1.71. The average molecular weight is 574 g/mol. The minimum Gasteiger partial charge on any atom is -0.449 e. The molecule has 1 aliphatic heterocycles. The summed E-state index contributed by atoms with van der Waals surface area (Å²) in [4.78, 5) is 51.6. The SMILES string of the molecule is CCCCCOC(=O)Nc1nc(Cl)nc2c1ncn2[C@@H]1O[C@H](COP(=O)(O)CP(=O)(O)O)C(O)[C@@H]1O. The number of hydrogen-bond donors (Lipinski definition) is 6. The van der Waals surface area contributed by atoms with Crippen molar-refractivity contribution in [3.63, 3.8) is 0 Å². The first-order chi connectivity index (χ1) is 16.8. The van der Waals surface area contributed by atoms with Crippen LogP contribution in [0, 0.1) is 0 Å². The lowest BCUT2D eigenvalue weighted by Gasteiger charge is -2.18. The monoisotopic (exact) mass is 573 g/mol. The number of nitrogens with one attached hydrogen (secondary N) is 1. The molecule has 0 aromatic carbocycles. The molecule has 3 rings (SSSR count). The van der Waals surface area contributed by atoms with E-state index in [1.807, 2.05) is 6.92 Å². The van der Waals surface area contributed by atoms with Crippen molar-refractivity contribution in [1.29, 1.82) is 0 Å². The van der Waals surface area contributed by atoms with Crippen LogP contribution >= 0.6 is 26.8 Å². The van der Waals surface area contributed by atoms with Crippen LogP contribution in [0.2, 0.25) is 5.28 Å². The zero-order valence-electron chi connectivity index (χ0n) is 18.9. The van der Waals surface area contributed by atoms with Crippen molar-refractivity contribution in [2.45, 2.75) is 50.7 Å². The number of hydrogen-bond acceptors (Lipinski definition) is 11. The Bertz CT molecular complexity index is 1180. The quantitative estimate of drug-likeness (QED) is 0.126. The van der Waals surface area contributed by atoms with E-state index >= 15 is 0 Å². The Balaban J connectivity index is 1.75. The molecule has 36 heavy (non-hydrogen) atoms. The topological polar surface area (TPSA) is 236 Å². The average Bonchev–Trinajstić information content (AvgIpc) is 3.29. The molecule has 202 valence electrons. The Morgan fingerprint density at radius 3 is 2.61 bits per heavy atom. The predicted molar refractivity (Wildman–Crippen MR) is 123 cm³/mol. The summed E-state index contributed by atoms with van der Waals surface area (Å²) in [5.74, 6) is -1.50. The third-order valence-corrected chi connectivity index (χ3v) is 8.64. The molecule has 0 saturated carbocycles. The van der Waals surface area contributed by atoms with Crippen molar-refractivity contribution in [2.24, 2.45) is 0 Å². The zero-order valence-corrected chi connectivity index (χ0v) is 21.4. The van der Waals surface area contributed by atoms with Gasteiger partial charge in [0.1, 0.15) is 18.3 Å². The number of rotatable bonds is 11. The van der Waals surface area contributed by atoms with E-state index in [1.165, 1.54) is 10.9 Å². The fourth-order valence-corrected chi connectivity index (χ4v) is 6.11. The number of carbonyl (C=O) groups is 1. The maximum absolute atomic E-state index is 12.1. The lowest BCUT2D eigenvalue weighted by molar-refractivity contribution is -0.0483. The maximum Gasteiger partial charge on any atom is 0.412 e. The van der Waals surface area contributed by atoms with E-state index in [9.17, 15) is 29.0 Å². The number of nitrogens with zero attached hydrogens (tertiary/aromatic N) is 4. The highest BCUT2D eigenvalue weighted by atomic mass is 35.5. The molecule has 1 aliphatic rings. The van der Waals surface area contributed by atoms with Gasteiger partial charge in [-0.2, -0.15) is 9.97 Å². The normalized spacial score (nSPS) is 24.1. The van der Waals surface area contributed by atoms with E-state index in [2.05, 4.69) is 24.8 Å². The highest BCUT2D eigenvalue weighted by Crippen LogP contribution is 2.55. The van der Waals surface area contributed by atoms with Crippen molar-refractivity contribution in [3.8, 4) is 0 Å². The number of amides is 1. The van der Waals surface area contributed by atoms with Crippen LogP contribution in [0.4, 0.5) is 10.6 Å². The summed E-state index contributed by atoms with van der Waals surface area (Å²) in [7, 11) is -9.57. The molecule has 2 aromatic heterocycles. The summed E-state index contributed by atoms with van der Waals surface area (Å²) in [6, 6.07) is 0. The van der Waals surface area contributed by atoms with Crippen molar-refractivity contribution in [2.75, 3.05) is 24.4 Å². The smallest absolute Gasteiger partial charge is 0.412 e. The lowest BCUT2D eigenvalue weighted by Crippen LogP contribution is -2.33. The van der Waals surface area contributed by atoms with Gasteiger partial charge in [0.15, 0.2) is 29.1 Å². The van der Waals surface area contributed by atoms with Crippen LogP contribution in [-0.4, -0.2) is 87.9 Å². The third kappa shape index (κ3) is 7.42. The second-order valence-corrected chi connectivity index (χ2v) is 12.3. The molecule has 19 heteroatoms. The molecular formula is C17H26ClN5O11P2. The first-order valence-corrected chi connectivity index (χ1v) is 14.6. The van der Waals surface area contributed by atoms with Crippen LogP contribution in [0.15, 0.2) is 6.33 Å². The third-order valence-electron chi connectivity index (χ3n) is 5.01. The minimum absolute atomic E-state index is 0.0171. The molecule has 5 atom stereocenters. The number of ether oxygens (including phenoxy) is 2. The first kappa shape index (κ1) is 28.9. The number of imidazole rings is 1. The molecular weight excluding hydrogens is 548 g/mol. The van der Waals surface area contributed by atoms with Gasteiger partial charge in [-0.3, -0.25) is 19.0 Å². The van der Waals surface area contributed by atoms with Crippen molar-refractivity contribution < 1.29 is 52.8 Å². The molecule has 2 unspecified atom stereocenters. The number of anilines is 1. The maximum atomic E-state index is 12.1. The summed E-state index contributed by atoms with van der Waals surface area (Å²) in [6.07, 6.45) is -2.96. The summed E-state index contributed by atoms with van der Waals surface area (Å²) in [6.45, 7) is 1.45. The molecule has 0 spiro atoms. The molecule has 1 saturated heterocycles. The Morgan fingerprint density at radius 2 is 1.94 bits per heavy atom. The first-order valence-electron chi connectivity index (χ1n) is 10.7. The van der Waals surface area contributed by atoms with Crippen LogP contribution in [0.25, 0.3) is 11.2 Å². The Kier molecular flexibility index (Phi) is 9.44. The Morgan fingerprint density at radius 1 is 1.22 bits per heavy atom. The number of aromatic nitrogens is 4. The number of aliphatic hydroxyl groups is 2. The summed E-state index contributed by atoms with van der Waals surface area (Å²) < 4.78 is 39.4. The summed E-state index contributed by atoms with van der Waals surface area (Å²) >= 11 is 5.98. The van der Waals surface area contributed by atoms with Crippen molar-refractivity contribution in [1.82, 2.24) is 19.5 Å². The lowest BCUT2D eigenvalue weighted by atomic mass is 10.1. The van der Waals surface area contributed by atoms with Gasteiger partial charge in [0.25, 0.3) is 0 Å². The van der Waals surface area contributed by atoms with E-state index in [0.29, 0.717) is 6.42 Å². The fraction of sp³-hybridized carbons (Fsp3) is 0.647. The predicted octanol–water partition coefficient (Wildman–Crippen LogP) is 1.17. The molecule has 16 nitrogen and oxygen atoms in total. The Labute approximate surface area is 209 Å². The summed E-state index contributed by atoms with van der Waals surface area (Å²) in [5, 5.41) is 23.0. The molecule has 0 bridgehead atoms. The van der Waals surface area contributed by atoms with Crippen LogP contribution in [0.3, 0.4) is 0 Å². The minimum atomic E-state index is -4.85. The van der Waals surface area contributed by atoms with Gasteiger partial charge in [0.2, 0.25) is 5.28 Å². The molecule has 0 aliphatic carbocycles. The number of carbonyl (C=O) groups excluding carboxylic acids is 1. The van der Waals surface area contributed by atoms with Gasteiger partial charge in [0, 0.05) is 0 Å². The van der Waals surface area contributed by atoms with Gasteiger partial charge in [-0.25, -0.2) is 9.78 Å². The molecule has 6 N–H and O–H groups in total. The highest BCUT2D eigenvalue weighted by molar-refractivity contribution is 7.70. The van der Waals surface area contributed by atoms with Gasteiger partial charge in [-0.1, -0.05) is 19.8 Å². The number of halogens is 1. The second kappa shape index (κ2) is 11.8. The molecule has 0 radical (unpaired) electrons. The largest absolute Gasteiger partial charge is 0.449 e. The number of unbranched alkanes of at least 4 members (excludes halogenated alkanes) is 2. The highest BCUT2D eigenvalue weighted by Gasteiger charge is 2.45. The molecule has 3 heterocycles. The second-order valence-electron chi connectivity index (χ2n) is 7.92. The van der Waals surface area contributed by atoms with Gasteiger partial charge < -0.3 is 38.9 Å². The standard InChI is InChI=1S/C17H26ClN5O11P2/c1-2-3-4-5-32-17(26)21-13-10-14(22-16(18)20-13)23(7-19-10)15-12(25)11(24)9(34-15)6-33-36(30,31)8-35(27,28)29/h7,9,11-12,15,24-25H,2-6,8H2,1H3,(H,30,31)(H2,27,28,29)(H,20,21,22,26)/t9-,11?,12+,15-/m1/s1. The van der Waals surface area contributed by atoms with Gasteiger partial charge in [-0.15, -0.1) is 0 Å².